The molecule has 1 aromatic heterocycles. The van der Waals surface area contributed by atoms with Crippen LogP contribution in [0.25, 0.3) is 0 Å². The van der Waals surface area contributed by atoms with Crippen LogP contribution in [-0.2, 0) is 17.6 Å². The third-order valence-electron chi connectivity index (χ3n) is 1.92. The number of ether oxygens (including phenoxy) is 1. The minimum Gasteiger partial charge on any atom is -0.381 e. The summed E-state index contributed by atoms with van der Waals surface area (Å²) in [6.45, 7) is 1.56. The largest absolute Gasteiger partial charge is 0.381 e. The zero-order valence-corrected chi connectivity index (χ0v) is 8.17. The maximum absolute atomic E-state index is 5.33. The SMILES string of the molecule is Brc1ncc2c(n1)CCOCC2. The Morgan fingerprint density at radius 3 is 3.08 bits per heavy atom. The van der Waals surface area contributed by atoms with Gasteiger partial charge < -0.3 is 4.74 Å². The van der Waals surface area contributed by atoms with E-state index in [1.807, 2.05) is 6.20 Å². The van der Waals surface area contributed by atoms with Crippen molar-refractivity contribution in [3.8, 4) is 0 Å². The molecule has 0 spiro atoms. The van der Waals surface area contributed by atoms with Gasteiger partial charge in [0.25, 0.3) is 0 Å². The van der Waals surface area contributed by atoms with E-state index in [0.29, 0.717) is 4.73 Å². The zero-order chi connectivity index (χ0) is 8.39. The summed E-state index contributed by atoms with van der Waals surface area (Å²) in [5.74, 6) is 0. The second-order valence-electron chi connectivity index (χ2n) is 2.72. The van der Waals surface area contributed by atoms with Crippen molar-refractivity contribution in [1.29, 1.82) is 0 Å². The molecule has 2 heterocycles. The second-order valence-corrected chi connectivity index (χ2v) is 3.43. The highest BCUT2D eigenvalue weighted by Crippen LogP contribution is 2.13. The molecule has 1 aliphatic rings. The van der Waals surface area contributed by atoms with Crippen LogP contribution in [0.3, 0.4) is 0 Å². The van der Waals surface area contributed by atoms with Crippen molar-refractivity contribution in [2.45, 2.75) is 12.8 Å². The smallest absolute Gasteiger partial charge is 0.196 e. The summed E-state index contributed by atoms with van der Waals surface area (Å²) in [4.78, 5) is 8.38. The van der Waals surface area contributed by atoms with E-state index in [1.165, 1.54) is 5.56 Å². The average Bonchev–Trinajstić information content (AvgIpc) is 2.28. The van der Waals surface area contributed by atoms with Gasteiger partial charge in [-0.2, -0.15) is 0 Å². The molecule has 0 N–H and O–H groups in total. The van der Waals surface area contributed by atoms with Crippen LogP contribution >= 0.6 is 15.9 Å². The van der Waals surface area contributed by atoms with E-state index in [4.69, 9.17) is 4.74 Å². The fraction of sp³-hybridized carbons (Fsp3) is 0.500. The maximum atomic E-state index is 5.33. The van der Waals surface area contributed by atoms with Gasteiger partial charge in [-0.05, 0) is 27.9 Å². The van der Waals surface area contributed by atoms with Gasteiger partial charge in [0, 0.05) is 12.6 Å². The van der Waals surface area contributed by atoms with Crippen LogP contribution in [0, 0.1) is 0 Å². The summed E-state index contributed by atoms with van der Waals surface area (Å²) in [6.07, 6.45) is 3.71. The quantitative estimate of drug-likeness (QED) is 0.630. The minimum atomic E-state index is 0.670. The number of halogens is 1. The number of fused-ring (bicyclic) bond motifs is 1. The number of hydrogen-bond acceptors (Lipinski definition) is 3. The molecule has 0 saturated heterocycles. The number of rotatable bonds is 0. The van der Waals surface area contributed by atoms with Gasteiger partial charge in [0.05, 0.1) is 18.9 Å². The Morgan fingerprint density at radius 1 is 1.33 bits per heavy atom. The molecule has 1 aliphatic heterocycles. The third-order valence-corrected chi connectivity index (χ3v) is 2.31. The fourth-order valence-electron chi connectivity index (χ4n) is 1.30. The van der Waals surface area contributed by atoms with Crippen LogP contribution < -0.4 is 0 Å². The van der Waals surface area contributed by atoms with E-state index >= 15 is 0 Å². The molecule has 1 aromatic rings. The van der Waals surface area contributed by atoms with E-state index in [2.05, 4.69) is 25.9 Å². The highest BCUT2D eigenvalue weighted by Gasteiger charge is 2.09. The lowest BCUT2D eigenvalue weighted by atomic mass is 10.1. The summed E-state index contributed by atoms with van der Waals surface area (Å²) < 4.78 is 6.00. The van der Waals surface area contributed by atoms with Gasteiger partial charge in [-0.3, -0.25) is 0 Å². The van der Waals surface area contributed by atoms with Crippen molar-refractivity contribution in [2.24, 2.45) is 0 Å². The molecule has 3 nitrogen and oxygen atoms in total. The van der Waals surface area contributed by atoms with Gasteiger partial charge >= 0.3 is 0 Å². The van der Waals surface area contributed by atoms with Gasteiger partial charge in [0.2, 0.25) is 0 Å². The lowest BCUT2D eigenvalue weighted by Crippen LogP contribution is -1.99. The summed E-state index contributed by atoms with van der Waals surface area (Å²) in [5.41, 5.74) is 2.34. The normalized spacial score (nSPS) is 16.8. The van der Waals surface area contributed by atoms with E-state index in [9.17, 15) is 0 Å². The lowest BCUT2D eigenvalue weighted by Gasteiger charge is -2.01. The van der Waals surface area contributed by atoms with E-state index in [-0.39, 0.29) is 0 Å². The Bertz CT molecular complexity index is 290. The molecule has 2 rings (SSSR count). The topological polar surface area (TPSA) is 35.0 Å². The fourth-order valence-corrected chi connectivity index (χ4v) is 1.61. The van der Waals surface area contributed by atoms with Crippen LogP contribution in [0.5, 0.6) is 0 Å². The molecule has 0 amide bonds. The molecule has 0 aromatic carbocycles. The minimum absolute atomic E-state index is 0.670. The van der Waals surface area contributed by atoms with Gasteiger partial charge in [0.15, 0.2) is 4.73 Å². The molecule has 0 fully saturated rings. The van der Waals surface area contributed by atoms with Crippen LogP contribution in [-0.4, -0.2) is 23.2 Å². The predicted molar refractivity (Wildman–Crippen MR) is 48.0 cm³/mol. The molecule has 0 radical (unpaired) electrons. The summed E-state index contributed by atoms with van der Waals surface area (Å²) >= 11 is 3.25. The molecular weight excluding hydrogens is 220 g/mol. The highest BCUT2D eigenvalue weighted by molar-refractivity contribution is 9.10. The van der Waals surface area contributed by atoms with Crippen molar-refractivity contribution >= 4 is 15.9 Å². The molecule has 0 unspecified atom stereocenters. The summed E-state index contributed by atoms with van der Waals surface area (Å²) in [7, 11) is 0. The summed E-state index contributed by atoms with van der Waals surface area (Å²) in [6, 6.07) is 0. The predicted octanol–water partition coefficient (Wildman–Crippen LogP) is 1.35. The molecule has 0 atom stereocenters. The second kappa shape index (κ2) is 3.49. The van der Waals surface area contributed by atoms with E-state index in [0.717, 1.165) is 31.7 Å². The van der Waals surface area contributed by atoms with Gasteiger partial charge in [-0.15, -0.1) is 0 Å². The third kappa shape index (κ3) is 1.64. The number of nitrogens with zero attached hydrogens (tertiary/aromatic N) is 2. The van der Waals surface area contributed by atoms with Crippen molar-refractivity contribution in [3.05, 3.63) is 22.2 Å². The first-order valence-electron chi connectivity index (χ1n) is 3.94. The molecule has 0 saturated carbocycles. The Labute approximate surface area is 79.3 Å². The van der Waals surface area contributed by atoms with Crippen molar-refractivity contribution in [2.75, 3.05) is 13.2 Å². The van der Waals surface area contributed by atoms with Crippen molar-refractivity contribution in [3.63, 3.8) is 0 Å². The highest BCUT2D eigenvalue weighted by atomic mass is 79.9. The molecule has 4 heteroatoms. The molecular formula is C8H9BrN2O. The van der Waals surface area contributed by atoms with Gasteiger partial charge in [-0.1, -0.05) is 0 Å². The Kier molecular flexibility index (Phi) is 2.37. The van der Waals surface area contributed by atoms with E-state index < -0.39 is 0 Å². The number of hydrogen-bond donors (Lipinski definition) is 0. The molecule has 0 aliphatic carbocycles. The van der Waals surface area contributed by atoms with Gasteiger partial charge in [0.1, 0.15) is 0 Å². The lowest BCUT2D eigenvalue weighted by molar-refractivity contribution is 0.146. The first-order chi connectivity index (χ1) is 5.86. The average molecular weight is 229 g/mol. The Balaban J connectivity index is 2.36. The van der Waals surface area contributed by atoms with Crippen molar-refractivity contribution in [1.82, 2.24) is 9.97 Å². The monoisotopic (exact) mass is 228 g/mol. The van der Waals surface area contributed by atoms with Gasteiger partial charge in [-0.25, -0.2) is 9.97 Å². The van der Waals surface area contributed by atoms with Crippen LogP contribution in [0.15, 0.2) is 10.9 Å². The molecule has 64 valence electrons. The van der Waals surface area contributed by atoms with E-state index in [1.54, 1.807) is 0 Å². The zero-order valence-electron chi connectivity index (χ0n) is 6.59. The molecule has 0 bridgehead atoms. The van der Waals surface area contributed by atoms with Crippen LogP contribution in [0.4, 0.5) is 0 Å². The first-order valence-corrected chi connectivity index (χ1v) is 4.73. The number of aromatic nitrogens is 2. The van der Waals surface area contributed by atoms with Crippen LogP contribution in [0.1, 0.15) is 11.3 Å². The molecule has 12 heavy (non-hydrogen) atoms. The first kappa shape index (κ1) is 8.13. The Morgan fingerprint density at radius 2 is 2.17 bits per heavy atom. The van der Waals surface area contributed by atoms with Crippen LogP contribution in [0.2, 0.25) is 0 Å². The summed E-state index contributed by atoms with van der Waals surface area (Å²) in [5, 5.41) is 0. The Hall–Kier alpha value is -0.480. The standard InChI is InChI=1S/C8H9BrN2O/c9-8-10-5-6-1-3-12-4-2-7(6)11-8/h5H,1-4H2. The maximum Gasteiger partial charge on any atom is 0.196 e. The van der Waals surface area contributed by atoms with Crippen molar-refractivity contribution < 1.29 is 4.74 Å².